The Hall–Kier alpha value is -1.63. The lowest BCUT2D eigenvalue weighted by atomic mass is 9.91. The van der Waals surface area contributed by atoms with Gasteiger partial charge < -0.3 is 5.11 Å². The molecule has 0 saturated heterocycles. The Bertz CT molecular complexity index is 508. The van der Waals surface area contributed by atoms with E-state index in [9.17, 15) is 9.90 Å². The van der Waals surface area contributed by atoms with Gasteiger partial charge in [-0.15, -0.1) is 5.73 Å². The molecule has 1 unspecified atom stereocenters. The van der Waals surface area contributed by atoms with Gasteiger partial charge in [0.05, 0.1) is 6.10 Å². The van der Waals surface area contributed by atoms with Crippen LogP contribution < -0.4 is 0 Å². The molecule has 0 aromatic heterocycles. The van der Waals surface area contributed by atoms with Crippen molar-refractivity contribution in [3.8, 4) is 0 Å². The Morgan fingerprint density at radius 3 is 3.00 bits per heavy atom. The minimum atomic E-state index is -0.344. The first-order chi connectivity index (χ1) is 8.70. The molecule has 0 bridgehead atoms. The van der Waals surface area contributed by atoms with E-state index in [-0.39, 0.29) is 6.10 Å². The number of hydrogen-bond donors (Lipinski definition) is 1. The zero-order chi connectivity index (χ0) is 13.0. The predicted octanol–water partition coefficient (Wildman–Crippen LogP) is 3.36. The maximum Gasteiger partial charge on any atom is 0.150 e. The number of carbonyl (C=O) groups is 1. The highest BCUT2D eigenvalue weighted by Gasteiger charge is 2.15. The Balaban J connectivity index is 2.36. The van der Waals surface area contributed by atoms with Crippen molar-refractivity contribution in [3.63, 3.8) is 0 Å². The molecule has 1 aromatic rings. The van der Waals surface area contributed by atoms with Crippen molar-refractivity contribution in [2.24, 2.45) is 0 Å². The summed E-state index contributed by atoms with van der Waals surface area (Å²) in [5.41, 5.74) is 6.94. The molecule has 1 aromatic carbocycles. The Labute approximate surface area is 108 Å². The van der Waals surface area contributed by atoms with E-state index in [0.29, 0.717) is 5.56 Å². The van der Waals surface area contributed by atoms with Crippen molar-refractivity contribution in [1.29, 1.82) is 0 Å². The highest BCUT2D eigenvalue weighted by Crippen LogP contribution is 2.24. The first kappa shape index (κ1) is 12.8. The first-order valence-electron chi connectivity index (χ1n) is 6.40. The third kappa shape index (κ3) is 2.98. The van der Waals surface area contributed by atoms with E-state index in [1.807, 2.05) is 25.1 Å². The van der Waals surface area contributed by atoms with E-state index in [0.717, 1.165) is 48.7 Å². The van der Waals surface area contributed by atoms with Gasteiger partial charge in [-0.25, -0.2) is 0 Å². The summed E-state index contributed by atoms with van der Waals surface area (Å²) in [6.07, 6.45) is 4.48. The summed E-state index contributed by atoms with van der Waals surface area (Å²) in [4.78, 5) is 10.7. The van der Waals surface area contributed by atoms with Crippen LogP contribution in [-0.4, -0.2) is 17.5 Å². The van der Waals surface area contributed by atoms with Crippen molar-refractivity contribution in [1.82, 2.24) is 0 Å². The Morgan fingerprint density at radius 2 is 2.28 bits per heavy atom. The molecule has 0 radical (unpaired) electrons. The highest BCUT2D eigenvalue weighted by molar-refractivity contribution is 5.77. The van der Waals surface area contributed by atoms with Crippen LogP contribution >= 0.6 is 0 Å². The number of aliphatic hydroxyl groups is 1. The second-order valence-electron chi connectivity index (χ2n) is 4.78. The molecule has 94 valence electrons. The number of benzene rings is 1. The summed E-state index contributed by atoms with van der Waals surface area (Å²) in [6.45, 7) is 1.97. The maximum atomic E-state index is 10.7. The number of aliphatic hydroxyl groups excluding tert-OH is 1. The average Bonchev–Trinajstić information content (AvgIpc) is 2.41. The van der Waals surface area contributed by atoms with Crippen molar-refractivity contribution in [3.05, 3.63) is 46.7 Å². The molecule has 0 heterocycles. The first-order valence-corrected chi connectivity index (χ1v) is 6.40. The monoisotopic (exact) mass is 242 g/mol. The van der Waals surface area contributed by atoms with Crippen LogP contribution in [0.1, 0.15) is 48.5 Å². The predicted molar refractivity (Wildman–Crippen MR) is 72.4 cm³/mol. The lowest BCUT2D eigenvalue weighted by molar-refractivity contribution is 0.112. The van der Waals surface area contributed by atoms with Gasteiger partial charge in [0.2, 0.25) is 0 Å². The van der Waals surface area contributed by atoms with E-state index in [1.165, 1.54) is 0 Å². The fourth-order valence-corrected chi connectivity index (χ4v) is 2.30. The third-order valence-electron chi connectivity index (χ3n) is 3.38. The standard InChI is InChI=1S/C16H18O2/c1-12(9-15-6-2-3-8-16(15)18)14-7-4-5-13(10-14)11-17/h4-5,7,10-11,16,18H,2-3,6,8H2,1H3. The van der Waals surface area contributed by atoms with Crippen LogP contribution in [0.5, 0.6) is 0 Å². The van der Waals surface area contributed by atoms with Gasteiger partial charge in [0.15, 0.2) is 0 Å². The lowest BCUT2D eigenvalue weighted by Gasteiger charge is -2.18. The fraction of sp³-hybridized carbons (Fsp3) is 0.375. The van der Waals surface area contributed by atoms with E-state index < -0.39 is 0 Å². The summed E-state index contributed by atoms with van der Waals surface area (Å²) in [5.74, 6) is 0. The zero-order valence-corrected chi connectivity index (χ0v) is 10.6. The quantitative estimate of drug-likeness (QED) is 0.637. The minimum Gasteiger partial charge on any atom is -0.388 e. The molecule has 18 heavy (non-hydrogen) atoms. The molecule has 1 atom stereocenters. The van der Waals surface area contributed by atoms with Crippen LogP contribution in [0.2, 0.25) is 0 Å². The summed E-state index contributed by atoms with van der Waals surface area (Å²) >= 11 is 0. The SMILES string of the molecule is CC(=C=C1CCCCC1O)c1cccc(C=O)c1. The highest BCUT2D eigenvalue weighted by atomic mass is 16.3. The van der Waals surface area contributed by atoms with Crippen molar-refractivity contribution >= 4 is 11.9 Å². The third-order valence-corrected chi connectivity index (χ3v) is 3.38. The molecule has 2 heteroatoms. The number of carbonyl (C=O) groups excluding carboxylic acids is 1. The topological polar surface area (TPSA) is 37.3 Å². The molecular formula is C16H18O2. The second kappa shape index (κ2) is 5.81. The van der Waals surface area contributed by atoms with Gasteiger partial charge in [0, 0.05) is 11.1 Å². The van der Waals surface area contributed by atoms with Gasteiger partial charge >= 0.3 is 0 Å². The van der Waals surface area contributed by atoms with Crippen LogP contribution in [0, 0.1) is 0 Å². The van der Waals surface area contributed by atoms with Crippen LogP contribution in [0.25, 0.3) is 5.57 Å². The van der Waals surface area contributed by atoms with Gasteiger partial charge in [-0.3, -0.25) is 4.79 Å². The molecule has 2 nitrogen and oxygen atoms in total. The number of aldehydes is 1. The van der Waals surface area contributed by atoms with Gasteiger partial charge in [-0.05, 0) is 43.4 Å². The molecule has 0 spiro atoms. The molecule has 1 saturated carbocycles. The maximum absolute atomic E-state index is 10.7. The van der Waals surface area contributed by atoms with Crippen molar-refractivity contribution in [2.75, 3.05) is 0 Å². The largest absolute Gasteiger partial charge is 0.388 e. The lowest BCUT2D eigenvalue weighted by Crippen LogP contribution is -2.14. The summed E-state index contributed by atoms with van der Waals surface area (Å²) in [7, 11) is 0. The zero-order valence-electron chi connectivity index (χ0n) is 10.6. The number of rotatable bonds is 2. The second-order valence-corrected chi connectivity index (χ2v) is 4.78. The van der Waals surface area contributed by atoms with Gasteiger partial charge in [-0.2, -0.15) is 0 Å². The minimum absolute atomic E-state index is 0.344. The van der Waals surface area contributed by atoms with Crippen molar-refractivity contribution < 1.29 is 9.90 Å². The molecule has 1 N–H and O–H groups in total. The van der Waals surface area contributed by atoms with Gasteiger partial charge in [-0.1, -0.05) is 24.6 Å². The fourth-order valence-electron chi connectivity index (χ4n) is 2.30. The van der Waals surface area contributed by atoms with E-state index in [4.69, 9.17) is 0 Å². The van der Waals surface area contributed by atoms with E-state index >= 15 is 0 Å². The van der Waals surface area contributed by atoms with Gasteiger partial charge in [0.25, 0.3) is 0 Å². The van der Waals surface area contributed by atoms with Gasteiger partial charge in [0.1, 0.15) is 6.29 Å². The molecular weight excluding hydrogens is 224 g/mol. The summed E-state index contributed by atoms with van der Waals surface area (Å²) < 4.78 is 0. The van der Waals surface area contributed by atoms with E-state index in [1.54, 1.807) is 6.07 Å². The van der Waals surface area contributed by atoms with Crippen LogP contribution in [0.4, 0.5) is 0 Å². The summed E-state index contributed by atoms with van der Waals surface area (Å²) in [5, 5.41) is 9.90. The van der Waals surface area contributed by atoms with E-state index in [2.05, 4.69) is 5.73 Å². The molecule has 1 fully saturated rings. The molecule has 0 aliphatic heterocycles. The van der Waals surface area contributed by atoms with Crippen LogP contribution in [0.15, 0.2) is 35.6 Å². The van der Waals surface area contributed by atoms with Crippen LogP contribution in [0.3, 0.4) is 0 Å². The normalized spacial score (nSPS) is 19.2. The molecule has 1 aliphatic rings. The average molecular weight is 242 g/mol. The van der Waals surface area contributed by atoms with Crippen LogP contribution in [-0.2, 0) is 0 Å². The van der Waals surface area contributed by atoms with Crippen molar-refractivity contribution in [2.45, 2.75) is 38.7 Å². The molecule has 2 rings (SSSR count). The number of hydrogen-bond acceptors (Lipinski definition) is 2. The Kier molecular flexibility index (Phi) is 4.14. The molecule has 0 amide bonds. The Morgan fingerprint density at radius 1 is 1.44 bits per heavy atom. The summed E-state index contributed by atoms with van der Waals surface area (Å²) in [6, 6.07) is 7.47. The molecule has 1 aliphatic carbocycles. The smallest absolute Gasteiger partial charge is 0.150 e.